The molecular formula is C7H15NO2. The highest BCUT2D eigenvalue weighted by Crippen LogP contribution is 2.28. The molecule has 0 unspecified atom stereocenters. The fraction of sp³-hybridized carbons (Fsp3) is 1.00. The first kappa shape index (κ1) is 7.98. The number of nitrogens with two attached hydrogens (primary N) is 1. The topological polar surface area (TPSA) is 55.5 Å². The van der Waals surface area contributed by atoms with Crippen molar-refractivity contribution in [2.45, 2.75) is 31.8 Å². The largest absolute Gasteiger partial charge is 0.394 e. The van der Waals surface area contributed by atoms with E-state index in [0.29, 0.717) is 5.92 Å². The molecular weight excluding hydrogens is 130 g/mol. The number of aliphatic hydroxyl groups is 1. The summed E-state index contributed by atoms with van der Waals surface area (Å²) >= 11 is 0. The molecule has 1 fully saturated rings. The Morgan fingerprint density at radius 1 is 1.50 bits per heavy atom. The summed E-state index contributed by atoms with van der Waals surface area (Å²) in [6.45, 7) is 0.0567. The van der Waals surface area contributed by atoms with Crippen LogP contribution in [0.1, 0.15) is 25.7 Å². The van der Waals surface area contributed by atoms with Gasteiger partial charge in [0.2, 0.25) is 0 Å². The minimum Gasteiger partial charge on any atom is -0.394 e. The molecule has 0 aromatic heterocycles. The van der Waals surface area contributed by atoms with E-state index in [9.17, 15) is 0 Å². The van der Waals surface area contributed by atoms with Gasteiger partial charge in [-0.3, -0.25) is 4.84 Å². The summed E-state index contributed by atoms with van der Waals surface area (Å²) in [7, 11) is 0. The summed E-state index contributed by atoms with van der Waals surface area (Å²) in [5, 5.41) is 8.78. The van der Waals surface area contributed by atoms with Crippen LogP contribution < -0.4 is 5.90 Å². The van der Waals surface area contributed by atoms with Crippen LogP contribution in [-0.4, -0.2) is 17.8 Å². The summed E-state index contributed by atoms with van der Waals surface area (Å²) in [5.41, 5.74) is 0. The van der Waals surface area contributed by atoms with Gasteiger partial charge in [0.1, 0.15) is 6.10 Å². The smallest absolute Gasteiger partial charge is 0.104 e. The minimum atomic E-state index is -0.123. The molecule has 10 heavy (non-hydrogen) atoms. The number of hydrogen-bond acceptors (Lipinski definition) is 3. The summed E-state index contributed by atoms with van der Waals surface area (Å²) in [6.07, 6.45) is 4.70. The van der Waals surface area contributed by atoms with Crippen molar-refractivity contribution in [3.05, 3.63) is 0 Å². The molecule has 0 aromatic rings. The van der Waals surface area contributed by atoms with Crippen molar-refractivity contribution in [1.29, 1.82) is 0 Å². The van der Waals surface area contributed by atoms with Gasteiger partial charge in [0.15, 0.2) is 0 Å². The SMILES string of the molecule is NO[C@@H](CO)C1CCCC1. The summed E-state index contributed by atoms with van der Waals surface area (Å²) in [4.78, 5) is 4.63. The molecule has 0 heterocycles. The predicted molar refractivity (Wildman–Crippen MR) is 38.1 cm³/mol. The maximum Gasteiger partial charge on any atom is 0.104 e. The minimum absolute atomic E-state index is 0.0567. The van der Waals surface area contributed by atoms with E-state index in [0.717, 1.165) is 12.8 Å². The Hall–Kier alpha value is -0.120. The molecule has 3 heteroatoms. The van der Waals surface area contributed by atoms with Crippen LogP contribution in [0.5, 0.6) is 0 Å². The first-order valence-corrected chi connectivity index (χ1v) is 3.85. The summed E-state index contributed by atoms with van der Waals surface area (Å²) in [5.74, 6) is 5.50. The Morgan fingerprint density at radius 3 is 2.50 bits per heavy atom. The van der Waals surface area contributed by atoms with Gasteiger partial charge in [0.25, 0.3) is 0 Å². The van der Waals surface area contributed by atoms with Crippen LogP contribution in [-0.2, 0) is 4.84 Å². The normalized spacial score (nSPS) is 23.4. The quantitative estimate of drug-likeness (QED) is 0.566. The zero-order chi connectivity index (χ0) is 7.40. The predicted octanol–water partition coefficient (Wildman–Crippen LogP) is 0.428. The van der Waals surface area contributed by atoms with E-state index in [-0.39, 0.29) is 12.7 Å². The van der Waals surface area contributed by atoms with Gasteiger partial charge in [-0.05, 0) is 18.8 Å². The molecule has 0 spiro atoms. The van der Waals surface area contributed by atoms with E-state index in [2.05, 4.69) is 4.84 Å². The van der Waals surface area contributed by atoms with Gasteiger partial charge in [0, 0.05) is 0 Å². The van der Waals surface area contributed by atoms with Gasteiger partial charge in [-0.25, -0.2) is 5.90 Å². The van der Waals surface area contributed by atoms with Crippen molar-refractivity contribution in [3.63, 3.8) is 0 Å². The van der Waals surface area contributed by atoms with Crippen LogP contribution in [0.3, 0.4) is 0 Å². The summed E-state index contributed by atoms with van der Waals surface area (Å²) in [6, 6.07) is 0. The van der Waals surface area contributed by atoms with E-state index in [1.807, 2.05) is 0 Å². The molecule has 0 saturated heterocycles. The number of hydrogen-bond donors (Lipinski definition) is 2. The van der Waals surface area contributed by atoms with E-state index >= 15 is 0 Å². The van der Waals surface area contributed by atoms with Crippen LogP contribution in [0.25, 0.3) is 0 Å². The van der Waals surface area contributed by atoms with E-state index in [1.54, 1.807) is 0 Å². The van der Waals surface area contributed by atoms with Crippen molar-refractivity contribution in [3.8, 4) is 0 Å². The molecule has 0 bridgehead atoms. The van der Waals surface area contributed by atoms with Gasteiger partial charge >= 0.3 is 0 Å². The molecule has 60 valence electrons. The fourth-order valence-electron chi connectivity index (χ4n) is 1.63. The monoisotopic (exact) mass is 145 g/mol. The third kappa shape index (κ3) is 1.68. The van der Waals surface area contributed by atoms with Crippen LogP contribution >= 0.6 is 0 Å². The zero-order valence-electron chi connectivity index (χ0n) is 6.12. The van der Waals surface area contributed by atoms with E-state index in [1.165, 1.54) is 12.8 Å². The van der Waals surface area contributed by atoms with Crippen molar-refractivity contribution in [2.24, 2.45) is 11.8 Å². The lowest BCUT2D eigenvalue weighted by atomic mass is 10.0. The Bertz CT molecular complexity index is 87.6. The first-order chi connectivity index (χ1) is 4.88. The standard InChI is InChI=1S/C7H15NO2/c8-10-7(5-9)6-3-1-2-4-6/h6-7,9H,1-5,8H2/t7-/m0/s1. The van der Waals surface area contributed by atoms with Crippen molar-refractivity contribution in [2.75, 3.05) is 6.61 Å². The second kappa shape index (κ2) is 3.91. The molecule has 0 amide bonds. The third-order valence-electron chi connectivity index (χ3n) is 2.28. The summed E-state index contributed by atoms with van der Waals surface area (Å²) < 4.78 is 0. The number of aliphatic hydroxyl groups excluding tert-OH is 1. The highest BCUT2D eigenvalue weighted by molar-refractivity contribution is 4.74. The van der Waals surface area contributed by atoms with Gasteiger partial charge in [-0.1, -0.05) is 12.8 Å². The number of rotatable bonds is 3. The van der Waals surface area contributed by atoms with Crippen molar-refractivity contribution < 1.29 is 9.94 Å². The van der Waals surface area contributed by atoms with Crippen LogP contribution in [0.15, 0.2) is 0 Å². The van der Waals surface area contributed by atoms with Gasteiger partial charge < -0.3 is 5.11 Å². The van der Waals surface area contributed by atoms with E-state index in [4.69, 9.17) is 11.0 Å². The third-order valence-corrected chi connectivity index (χ3v) is 2.28. The fourth-order valence-corrected chi connectivity index (χ4v) is 1.63. The maximum absolute atomic E-state index is 8.78. The molecule has 1 aliphatic carbocycles. The average Bonchev–Trinajstić information content (AvgIpc) is 2.43. The lowest BCUT2D eigenvalue weighted by Crippen LogP contribution is -2.28. The Morgan fingerprint density at radius 2 is 2.10 bits per heavy atom. The first-order valence-electron chi connectivity index (χ1n) is 3.85. The molecule has 0 aromatic carbocycles. The highest BCUT2D eigenvalue weighted by Gasteiger charge is 2.24. The maximum atomic E-state index is 8.78. The molecule has 0 radical (unpaired) electrons. The van der Waals surface area contributed by atoms with Gasteiger partial charge in [-0.2, -0.15) is 0 Å². The van der Waals surface area contributed by atoms with Gasteiger partial charge in [-0.15, -0.1) is 0 Å². The van der Waals surface area contributed by atoms with E-state index < -0.39 is 0 Å². The molecule has 1 atom stereocenters. The Labute approximate surface area is 61.1 Å². The molecule has 3 nitrogen and oxygen atoms in total. The lowest BCUT2D eigenvalue weighted by Gasteiger charge is -2.17. The second-order valence-electron chi connectivity index (χ2n) is 2.90. The molecule has 1 rings (SSSR count). The Balaban J connectivity index is 2.29. The van der Waals surface area contributed by atoms with Crippen LogP contribution in [0, 0.1) is 5.92 Å². The van der Waals surface area contributed by atoms with Crippen molar-refractivity contribution in [1.82, 2.24) is 0 Å². The van der Waals surface area contributed by atoms with Crippen LogP contribution in [0.4, 0.5) is 0 Å². The lowest BCUT2D eigenvalue weighted by molar-refractivity contribution is -0.0230. The molecule has 1 saturated carbocycles. The second-order valence-corrected chi connectivity index (χ2v) is 2.90. The molecule has 3 N–H and O–H groups in total. The Kier molecular flexibility index (Phi) is 3.12. The molecule has 1 aliphatic rings. The molecule has 0 aliphatic heterocycles. The zero-order valence-corrected chi connectivity index (χ0v) is 6.12. The highest BCUT2D eigenvalue weighted by atomic mass is 16.6. The van der Waals surface area contributed by atoms with Crippen molar-refractivity contribution >= 4 is 0 Å². The average molecular weight is 145 g/mol. The van der Waals surface area contributed by atoms with Crippen LogP contribution in [0.2, 0.25) is 0 Å². The van der Waals surface area contributed by atoms with Gasteiger partial charge in [0.05, 0.1) is 6.61 Å².